The summed E-state index contributed by atoms with van der Waals surface area (Å²) in [7, 11) is 0. The average Bonchev–Trinajstić information content (AvgIpc) is 3.04. The highest BCUT2D eigenvalue weighted by molar-refractivity contribution is 7.71. The Bertz CT molecular complexity index is 956. The maximum Gasteiger partial charge on any atom is 0.214 e. The van der Waals surface area contributed by atoms with Crippen molar-refractivity contribution in [3.8, 4) is 22.9 Å². The number of aromatic nitrogens is 3. The minimum Gasteiger partial charge on any atom is -0.490 e. The maximum atomic E-state index is 6.39. The second-order valence-corrected chi connectivity index (χ2v) is 6.45. The molecule has 2 aromatic carbocycles. The molecule has 3 rings (SSSR count). The number of hydrogen-bond donors (Lipinski definition) is 2. The van der Waals surface area contributed by atoms with E-state index in [4.69, 9.17) is 33.3 Å². The van der Waals surface area contributed by atoms with E-state index in [-0.39, 0.29) is 0 Å². The summed E-state index contributed by atoms with van der Waals surface area (Å²) in [5, 5.41) is 7.65. The highest BCUT2D eigenvalue weighted by atomic mass is 35.5. The van der Waals surface area contributed by atoms with Crippen molar-refractivity contribution < 1.29 is 9.47 Å². The van der Waals surface area contributed by atoms with Gasteiger partial charge in [-0.05, 0) is 43.8 Å². The summed E-state index contributed by atoms with van der Waals surface area (Å²) < 4.78 is 13.5. The SMILES string of the molecule is CCOc1cc(CNn2c(-c3ccccc3)n[nH]c2=S)cc(Cl)c1OCC. The fraction of sp³-hybridized carbons (Fsp3) is 0.263. The normalized spacial score (nSPS) is 10.6. The third-order valence-corrected chi connectivity index (χ3v) is 4.36. The predicted octanol–water partition coefficient (Wildman–Crippen LogP) is 4.80. The molecule has 0 atom stereocenters. The predicted molar refractivity (Wildman–Crippen MR) is 110 cm³/mol. The molecule has 0 saturated carbocycles. The van der Waals surface area contributed by atoms with E-state index in [0.29, 0.717) is 46.9 Å². The Morgan fingerprint density at radius 2 is 1.89 bits per heavy atom. The lowest BCUT2D eigenvalue weighted by Crippen LogP contribution is -2.16. The molecular weight excluding hydrogens is 384 g/mol. The van der Waals surface area contributed by atoms with Gasteiger partial charge in [0.2, 0.25) is 4.77 Å². The number of halogens is 1. The molecule has 27 heavy (non-hydrogen) atoms. The Hall–Kier alpha value is -2.51. The highest BCUT2D eigenvalue weighted by Crippen LogP contribution is 2.36. The van der Waals surface area contributed by atoms with Crippen molar-refractivity contribution in [3.63, 3.8) is 0 Å². The first-order valence-electron chi connectivity index (χ1n) is 8.68. The minimum absolute atomic E-state index is 0.482. The molecule has 0 aliphatic rings. The molecule has 0 aliphatic carbocycles. The average molecular weight is 405 g/mol. The van der Waals surface area contributed by atoms with E-state index in [0.717, 1.165) is 11.1 Å². The summed E-state index contributed by atoms with van der Waals surface area (Å²) in [6.07, 6.45) is 0. The van der Waals surface area contributed by atoms with Gasteiger partial charge in [-0.2, -0.15) is 5.10 Å². The summed E-state index contributed by atoms with van der Waals surface area (Å²) in [6, 6.07) is 13.6. The topological polar surface area (TPSA) is 64.1 Å². The van der Waals surface area contributed by atoms with Crippen LogP contribution in [0.5, 0.6) is 11.5 Å². The maximum absolute atomic E-state index is 6.39. The Morgan fingerprint density at radius 3 is 2.59 bits per heavy atom. The Kier molecular flexibility index (Phi) is 6.36. The van der Waals surface area contributed by atoms with Crippen LogP contribution in [0.4, 0.5) is 0 Å². The van der Waals surface area contributed by atoms with E-state index in [1.807, 2.05) is 56.3 Å². The van der Waals surface area contributed by atoms with Crippen molar-refractivity contribution >= 4 is 23.8 Å². The van der Waals surface area contributed by atoms with Gasteiger partial charge in [-0.25, -0.2) is 9.77 Å². The van der Waals surface area contributed by atoms with E-state index < -0.39 is 0 Å². The number of benzene rings is 2. The lowest BCUT2D eigenvalue weighted by molar-refractivity contribution is 0.287. The van der Waals surface area contributed by atoms with Gasteiger partial charge in [0, 0.05) is 5.56 Å². The summed E-state index contributed by atoms with van der Waals surface area (Å²) >= 11 is 11.7. The van der Waals surface area contributed by atoms with Gasteiger partial charge in [-0.15, -0.1) is 0 Å². The van der Waals surface area contributed by atoms with Crippen molar-refractivity contribution in [1.82, 2.24) is 14.9 Å². The lowest BCUT2D eigenvalue weighted by atomic mass is 10.2. The first kappa shape index (κ1) is 19.3. The van der Waals surface area contributed by atoms with Crippen LogP contribution in [0.1, 0.15) is 19.4 Å². The molecule has 0 saturated heterocycles. The van der Waals surface area contributed by atoms with Crippen LogP contribution in [0, 0.1) is 4.77 Å². The fourth-order valence-corrected chi connectivity index (χ4v) is 3.15. The van der Waals surface area contributed by atoms with Crippen molar-refractivity contribution in [2.75, 3.05) is 18.6 Å². The van der Waals surface area contributed by atoms with E-state index in [9.17, 15) is 0 Å². The van der Waals surface area contributed by atoms with Gasteiger partial charge in [0.1, 0.15) is 0 Å². The largest absolute Gasteiger partial charge is 0.490 e. The quantitative estimate of drug-likeness (QED) is 0.528. The van der Waals surface area contributed by atoms with Crippen LogP contribution in [0.15, 0.2) is 42.5 Å². The zero-order valence-electron chi connectivity index (χ0n) is 15.2. The van der Waals surface area contributed by atoms with Crippen LogP contribution in [-0.4, -0.2) is 28.1 Å². The fourth-order valence-electron chi connectivity index (χ4n) is 2.67. The molecule has 0 spiro atoms. The van der Waals surface area contributed by atoms with Crippen LogP contribution in [0.2, 0.25) is 5.02 Å². The van der Waals surface area contributed by atoms with Crippen LogP contribution in [0.25, 0.3) is 11.4 Å². The van der Waals surface area contributed by atoms with Gasteiger partial charge >= 0.3 is 0 Å². The Labute approximate surface area is 168 Å². The molecule has 8 heteroatoms. The molecule has 0 aliphatic heterocycles. The summed E-state index contributed by atoms with van der Waals surface area (Å²) in [4.78, 5) is 0. The molecule has 1 aromatic heterocycles. The number of rotatable bonds is 8. The van der Waals surface area contributed by atoms with E-state index in [1.165, 1.54) is 0 Å². The molecule has 3 aromatic rings. The molecule has 6 nitrogen and oxygen atoms in total. The second-order valence-electron chi connectivity index (χ2n) is 5.66. The molecule has 142 valence electrons. The third-order valence-electron chi connectivity index (χ3n) is 3.80. The number of hydrogen-bond acceptors (Lipinski definition) is 5. The smallest absolute Gasteiger partial charge is 0.214 e. The molecule has 0 radical (unpaired) electrons. The minimum atomic E-state index is 0.482. The molecule has 0 fully saturated rings. The Morgan fingerprint density at radius 1 is 1.15 bits per heavy atom. The number of ether oxygens (including phenoxy) is 2. The molecule has 2 N–H and O–H groups in total. The Balaban J connectivity index is 1.86. The van der Waals surface area contributed by atoms with Crippen molar-refractivity contribution in [2.45, 2.75) is 20.4 Å². The van der Waals surface area contributed by atoms with Gasteiger partial charge in [0.05, 0.1) is 24.8 Å². The van der Waals surface area contributed by atoms with Gasteiger partial charge in [0.25, 0.3) is 0 Å². The lowest BCUT2D eigenvalue weighted by Gasteiger charge is -2.15. The first-order chi connectivity index (χ1) is 13.1. The molecule has 0 amide bonds. The standard InChI is InChI=1S/C19H21ClN4O2S/c1-3-25-16-11-13(10-15(20)17(16)26-4-2)12-21-24-18(22-23-19(24)27)14-8-6-5-7-9-14/h5-11,21H,3-4,12H2,1-2H3,(H,23,27). The van der Waals surface area contributed by atoms with Gasteiger partial charge in [-0.3, -0.25) is 0 Å². The molecule has 0 unspecified atom stereocenters. The first-order valence-corrected chi connectivity index (χ1v) is 9.47. The number of H-pyrrole nitrogens is 1. The molecule has 0 bridgehead atoms. The van der Waals surface area contributed by atoms with Crippen LogP contribution >= 0.6 is 23.8 Å². The van der Waals surface area contributed by atoms with E-state index in [2.05, 4.69) is 15.6 Å². The van der Waals surface area contributed by atoms with Gasteiger partial charge in [0.15, 0.2) is 17.3 Å². The highest BCUT2D eigenvalue weighted by Gasteiger charge is 2.13. The summed E-state index contributed by atoms with van der Waals surface area (Å²) in [5.74, 6) is 1.90. The molecular formula is C19H21ClN4O2S. The third kappa shape index (κ3) is 4.43. The van der Waals surface area contributed by atoms with Crippen molar-refractivity contribution in [3.05, 3.63) is 57.8 Å². The van der Waals surface area contributed by atoms with Crippen LogP contribution in [-0.2, 0) is 6.54 Å². The van der Waals surface area contributed by atoms with Crippen molar-refractivity contribution in [2.24, 2.45) is 0 Å². The number of nitrogens with one attached hydrogen (secondary N) is 2. The number of aromatic amines is 1. The van der Waals surface area contributed by atoms with Crippen LogP contribution in [0.3, 0.4) is 0 Å². The monoisotopic (exact) mass is 404 g/mol. The van der Waals surface area contributed by atoms with Crippen molar-refractivity contribution in [1.29, 1.82) is 0 Å². The van der Waals surface area contributed by atoms with Gasteiger partial charge in [-0.1, -0.05) is 41.9 Å². The van der Waals surface area contributed by atoms with Crippen LogP contribution < -0.4 is 14.9 Å². The second kappa shape index (κ2) is 8.92. The van der Waals surface area contributed by atoms with Gasteiger partial charge < -0.3 is 14.9 Å². The zero-order chi connectivity index (χ0) is 19.2. The summed E-state index contributed by atoms with van der Waals surface area (Å²) in [5.41, 5.74) is 5.18. The summed E-state index contributed by atoms with van der Waals surface area (Å²) in [6.45, 7) is 5.36. The van der Waals surface area contributed by atoms with E-state index in [1.54, 1.807) is 4.68 Å². The zero-order valence-corrected chi connectivity index (χ0v) is 16.7. The van der Waals surface area contributed by atoms with E-state index >= 15 is 0 Å². The number of nitrogens with zero attached hydrogens (tertiary/aromatic N) is 2. The molecule has 1 heterocycles.